The Morgan fingerprint density at radius 2 is 2.10 bits per heavy atom. The molecular weight excluding hydrogens is 252 g/mol. The number of hydrogen-bond donors (Lipinski definition) is 1. The van der Waals surface area contributed by atoms with Crippen molar-refractivity contribution >= 4 is 5.97 Å². The van der Waals surface area contributed by atoms with Crippen LogP contribution in [0.5, 0.6) is 0 Å². The summed E-state index contributed by atoms with van der Waals surface area (Å²) in [6, 6.07) is -0.173. The molecule has 0 radical (unpaired) electrons. The van der Waals surface area contributed by atoms with Crippen molar-refractivity contribution in [3.8, 4) is 0 Å². The fourth-order valence-electron chi connectivity index (χ4n) is 2.86. The summed E-state index contributed by atoms with van der Waals surface area (Å²) in [6.45, 7) is 10.6. The molecule has 0 aromatic carbocycles. The number of rotatable bonds is 8. The molecule has 1 aliphatic rings. The van der Waals surface area contributed by atoms with E-state index < -0.39 is 0 Å². The summed E-state index contributed by atoms with van der Waals surface area (Å²) >= 11 is 0. The third-order valence-corrected chi connectivity index (χ3v) is 4.17. The Bertz CT molecular complexity index is 271. The fourth-order valence-corrected chi connectivity index (χ4v) is 2.86. The van der Waals surface area contributed by atoms with Crippen LogP contribution >= 0.6 is 0 Å². The van der Waals surface area contributed by atoms with Crippen LogP contribution in [-0.2, 0) is 9.53 Å². The van der Waals surface area contributed by atoms with E-state index in [2.05, 4.69) is 24.1 Å². The largest absolute Gasteiger partial charge is 0.465 e. The van der Waals surface area contributed by atoms with Gasteiger partial charge in [0.15, 0.2) is 0 Å². The number of ether oxygens (including phenoxy) is 1. The van der Waals surface area contributed by atoms with Crippen molar-refractivity contribution in [3.63, 3.8) is 0 Å². The van der Waals surface area contributed by atoms with E-state index >= 15 is 0 Å². The first kappa shape index (κ1) is 17.4. The molecule has 1 heterocycles. The number of likely N-dealkylation sites (tertiary alicyclic amines) is 1. The van der Waals surface area contributed by atoms with Gasteiger partial charge in [0.05, 0.1) is 6.61 Å². The maximum Gasteiger partial charge on any atom is 0.324 e. The molecule has 118 valence electrons. The van der Waals surface area contributed by atoms with Gasteiger partial charge in [0, 0.05) is 6.54 Å². The third-order valence-electron chi connectivity index (χ3n) is 4.17. The minimum Gasteiger partial charge on any atom is -0.465 e. The Morgan fingerprint density at radius 1 is 1.30 bits per heavy atom. The van der Waals surface area contributed by atoms with Crippen molar-refractivity contribution in [1.29, 1.82) is 0 Å². The van der Waals surface area contributed by atoms with Crippen LogP contribution in [0.3, 0.4) is 0 Å². The lowest BCUT2D eigenvalue weighted by Gasteiger charge is -2.25. The monoisotopic (exact) mass is 284 g/mol. The van der Waals surface area contributed by atoms with Crippen molar-refractivity contribution < 1.29 is 9.53 Å². The van der Waals surface area contributed by atoms with Gasteiger partial charge in [-0.25, -0.2) is 0 Å². The van der Waals surface area contributed by atoms with Gasteiger partial charge in [-0.2, -0.15) is 0 Å². The van der Waals surface area contributed by atoms with Crippen LogP contribution in [0.2, 0.25) is 0 Å². The molecule has 4 nitrogen and oxygen atoms in total. The summed E-state index contributed by atoms with van der Waals surface area (Å²) in [5.74, 6) is 0.766. The summed E-state index contributed by atoms with van der Waals surface area (Å²) in [5.41, 5.74) is 0. The van der Waals surface area contributed by atoms with Gasteiger partial charge in [-0.3, -0.25) is 4.79 Å². The normalized spacial score (nSPS) is 22.2. The second kappa shape index (κ2) is 10.2. The van der Waals surface area contributed by atoms with Gasteiger partial charge in [0.1, 0.15) is 6.04 Å². The van der Waals surface area contributed by atoms with Crippen LogP contribution in [0.4, 0.5) is 0 Å². The molecule has 1 fully saturated rings. The van der Waals surface area contributed by atoms with Crippen molar-refractivity contribution in [1.82, 2.24) is 10.2 Å². The van der Waals surface area contributed by atoms with Crippen molar-refractivity contribution in [2.24, 2.45) is 5.92 Å². The highest BCUT2D eigenvalue weighted by molar-refractivity contribution is 5.76. The third kappa shape index (κ3) is 6.23. The van der Waals surface area contributed by atoms with Gasteiger partial charge in [0.2, 0.25) is 0 Å². The van der Waals surface area contributed by atoms with E-state index in [0.717, 1.165) is 38.5 Å². The van der Waals surface area contributed by atoms with E-state index in [1.54, 1.807) is 0 Å². The molecule has 0 amide bonds. The predicted molar refractivity (Wildman–Crippen MR) is 82.8 cm³/mol. The van der Waals surface area contributed by atoms with Crippen molar-refractivity contribution in [2.75, 3.05) is 32.8 Å². The van der Waals surface area contributed by atoms with Crippen molar-refractivity contribution in [2.45, 2.75) is 58.9 Å². The molecule has 4 heteroatoms. The second-order valence-corrected chi connectivity index (χ2v) is 5.76. The average molecular weight is 284 g/mol. The highest BCUT2D eigenvalue weighted by atomic mass is 16.5. The van der Waals surface area contributed by atoms with Gasteiger partial charge in [0.25, 0.3) is 0 Å². The van der Waals surface area contributed by atoms with Crippen LogP contribution in [0, 0.1) is 5.92 Å². The van der Waals surface area contributed by atoms with Gasteiger partial charge in [-0.1, -0.05) is 20.3 Å². The topological polar surface area (TPSA) is 41.6 Å². The van der Waals surface area contributed by atoms with Gasteiger partial charge < -0.3 is 15.0 Å². The Kier molecular flexibility index (Phi) is 8.86. The Morgan fingerprint density at radius 3 is 2.75 bits per heavy atom. The van der Waals surface area contributed by atoms with Crippen LogP contribution in [0.25, 0.3) is 0 Å². The predicted octanol–water partition coefficient (Wildman–Crippen LogP) is 2.43. The van der Waals surface area contributed by atoms with Gasteiger partial charge >= 0.3 is 5.97 Å². The van der Waals surface area contributed by atoms with E-state index in [1.165, 1.54) is 25.7 Å². The molecule has 0 aliphatic carbocycles. The molecule has 0 aromatic heterocycles. The number of nitrogens with one attached hydrogen (secondary N) is 1. The maximum atomic E-state index is 12.0. The summed E-state index contributed by atoms with van der Waals surface area (Å²) in [7, 11) is 0. The maximum absolute atomic E-state index is 12.0. The summed E-state index contributed by atoms with van der Waals surface area (Å²) in [5, 5.41) is 3.33. The fraction of sp³-hybridized carbons (Fsp3) is 0.938. The molecule has 1 aliphatic heterocycles. The summed E-state index contributed by atoms with van der Waals surface area (Å²) in [6.07, 6.45) is 6.16. The minimum absolute atomic E-state index is 0.0998. The standard InChI is InChI=1S/C16H32N2O2/c1-4-10-17-15(16(19)20-6-3)13-18-11-7-8-14(5-2)9-12-18/h14-15,17H,4-13H2,1-3H3. The number of carbonyl (C=O) groups is 1. The van der Waals surface area contributed by atoms with E-state index in [1.807, 2.05) is 6.92 Å². The molecule has 1 rings (SSSR count). The van der Waals surface area contributed by atoms with Gasteiger partial charge in [-0.05, 0) is 58.2 Å². The van der Waals surface area contributed by atoms with Crippen LogP contribution in [0.1, 0.15) is 52.9 Å². The molecule has 0 bridgehead atoms. The highest BCUT2D eigenvalue weighted by Gasteiger charge is 2.24. The van der Waals surface area contributed by atoms with Crippen LogP contribution < -0.4 is 5.32 Å². The first-order valence-electron chi connectivity index (χ1n) is 8.33. The average Bonchev–Trinajstić information content (AvgIpc) is 2.68. The quantitative estimate of drug-likeness (QED) is 0.695. The molecule has 0 spiro atoms. The lowest BCUT2D eigenvalue weighted by atomic mass is 9.98. The Labute approximate surface area is 124 Å². The molecule has 1 N–H and O–H groups in total. The van der Waals surface area contributed by atoms with Crippen LogP contribution in [0.15, 0.2) is 0 Å². The zero-order valence-corrected chi connectivity index (χ0v) is 13.5. The zero-order valence-electron chi connectivity index (χ0n) is 13.5. The molecule has 0 aromatic rings. The van der Waals surface area contributed by atoms with E-state index in [-0.39, 0.29) is 12.0 Å². The second-order valence-electron chi connectivity index (χ2n) is 5.76. The lowest BCUT2D eigenvalue weighted by molar-refractivity contribution is -0.146. The molecule has 20 heavy (non-hydrogen) atoms. The van der Waals surface area contributed by atoms with Crippen molar-refractivity contribution in [3.05, 3.63) is 0 Å². The molecule has 2 unspecified atom stereocenters. The lowest BCUT2D eigenvalue weighted by Crippen LogP contribution is -2.47. The molecule has 0 saturated carbocycles. The summed E-state index contributed by atoms with van der Waals surface area (Å²) in [4.78, 5) is 14.4. The first-order chi connectivity index (χ1) is 9.71. The van der Waals surface area contributed by atoms with Crippen LogP contribution in [-0.4, -0.2) is 49.7 Å². The zero-order chi connectivity index (χ0) is 14.8. The number of carbonyl (C=O) groups excluding carboxylic acids is 1. The van der Waals surface area contributed by atoms with E-state index in [0.29, 0.717) is 6.61 Å². The number of nitrogens with zero attached hydrogens (tertiary/aromatic N) is 1. The minimum atomic E-state index is -0.173. The highest BCUT2D eigenvalue weighted by Crippen LogP contribution is 2.20. The van der Waals surface area contributed by atoms with Gasteiger partial charge in [-0.15, -0.1) is 0 Å². The molecule has 2 atom stereocenters. The Hall–Kier alpha value is -0.610. The molecular formula is C16H32N2O2. The summed E-state index contributed by atoms with van der Waals surface area (Å²) < 4.78 is 5.19. The SMILES string of the molecule is CCCNC(CN1CCCC(CC)CC1)C(=O)OCC. The van der Waals surface area contributed by atoms with E-state index in [9.17, 15) is 4.79 Å². The van der Waals surface area contributed by atoms with E-state index in [4.69, 9.17) is 4.74 Å². The Balaban J connectivity index is 2.48. The number of hydrogen-bond acceptors (Lipinski definition) is 4. The number of esters is 1. The molecule has 1 saturated heterocycles. The smallest absolute Gasteiger partial charge is 0.324 e. The first-order valence-corrected chi connectivity index (χ1v) is 8.33.